The van der Waals surface area contributed by atoms with Gasteiger partial charge in [0.1, 0.15) is 24.4 Å². The number of hydrogen-bond acceptors (Lipinski definition) is 4. The lowest BCUT2D eigenvalue weighted by molar-refractivity contribution is -0.918. The molecule has 1 aromatic rings. The number of hydrogen-bond donors (Lipinski definition) is 4. The number of benzene rings is 1. The summed E-state index contributed by atoms with van der Waals surface area (Å²) in [4.78, 5) is 44.5. The van der Waals surface area contributed by atoms with E-state index >= 15 is 0 Å². The third kappa shape index (κ3) is 5.69. The number of fused-ring (bicyclic) bond motifs is 2. The number of piperazine rings is 1. The zero-order valence-electron chi connectivity index (χ0n) is 22.9. The van der Waals surface area contributed by atoms with Crippen molar-refractivity contribution in [3.63, 3.8) is 0 Å². The van der Waals surface area contributed by atoms with Gasteiger partial charge >= 0.3 is 0 Å². The first-order valence-corrected chi connectivity index (χ1v) is 14.7. The van der Waals surface area contributed by atoms with Gasteiger partial charge in [-0.3, -0.25) is 14.4 Å². The lowest BCUT2D eigenvalue weighted by atomic mass is 9.82. The van der Waals surface area contributed by atoms with Crippen molar-refractivity contribution in [2.24, 2.45) is 5.92 Å². The molecule has 9 nitrogen and oxygen atoms in total. The Bertz CT molecular complexity index is 1010. The Balaban J connectivity index is 1.38. The number of likely N-dealkylation sites (N-methyl/N-ethyl adjacent to an activating group) is 1. The van der Waals surface area contributed by atoms with E-state index in [1.807, 2.05) is 48.5 Å². The van der Waals surface area contributed by atoms with Crippen LogP contribution >= 0.6 is 0 Å². The van der Waals surface area contributed by atoms with E-state index in [1.165, 1.54) is 11.3 Å². The molecule has 1 unspecified atom stereocenters. The number of para-hydroxylation sites is 1. The first kappa shape index (κ1) is 26.9. The number of carbonyl (C=O) groups is 3. The molecule has 1 saturated carbocycles. The minimum atomic E-state index is -0.577. The maximum Gasteiger partial charge on any atom is 0.278 e. The van der Waals surface area contributed by atoms with Crippen LogP contribution < -0.4 is 25.6 Å². The maximum absolute atomic E-state index is 14.3. The van der Waals surface area contributed by atoms with Crippen LogP contribution in [-0.2, 0) is 14.4 Å². The summed E-state index contributed by atoms with van der Waals surface area (Å²) in [5.74, 6) is 0.646. The summed E-state index contributed by atoms with van der Waals surface area (Å²) in [6.07, 6.45) is 8.09. The summed E-state index contributed by atoms with van der Waals surface area (Å²) in [5.41, 5.74) is 0.990. The number of carbonyl (C=O) groups excluding carboxylic acids is 3. The standard InChI is InChI=1S/C29H43N5O4/c1-19(30-2)27(35)32-26(20-9-4-3-5-10-20)29(37)34-17-21-11-8-15-33(21)18-24(34)28(36)31-23-14-16-38-25-13-7-6-12-22(23)25/h6-7,12-13,19-21,23-24,26,30H,3-5,8-11,14-18H2,1-2H3,(H,31,36)(H,32,35)/p+2/t19-,21+,23+,24-,26-/m0/s1. The summed E-state index contributed by atoms with van der Waals surface area (Å²) < 4.78 is 5.80. The normalized spacial score (nSPS) is 28.8. The molecule has 0 aromatic heterocycles. The van der Waals surface area contributed by atoms with Crippen molar-refractivity contribution in [2.45, 2.75) is 88.5 Å². The van der Waals surface area contributed by atoms with Gasteiger partial charge in [-0.15, -0.1) is 0 Å². The highest BCUT2D eigenvalue weighted by Crippen LogP contribution is 2.32. The highest BCUT2D eigenvalue weighted by atomic mass is 16.5. The van der Waals surface area contributed by atoms with Crippen molar-refractivity contribution in [1.29, 1.82) is 0 Å². The number of amides is 3. The zero-order valence-corrected chi connectivity index (χ0v) is 22.9. The quantitative estimate of drug-likeness (QED) is 0.385. The SMILES string of the molecule is C[NH2+][C@@H](C)C(=O)N[C@H](C(=O)N1C[C@H]2CCC[NH+]2C[C@H]1C(=O)N[C@@H]1CCOc2ccccc21)C1CCCCC1. The number of nitrogens with two attached hydrogens (primary N) is 1. The van der Waals surface area contributed by atoms with Gasteiger partial charge in [0.25, 0.3) is 5.91 Å². The Morgan fingerprint density at radius 3 is 2.66 bits per heavy atom. The summed E-state index contributed by atoms with van der Waals surface area (Å²) in [5, 5.41) is 8.27. The van der Waals surface area contributed by atoms with Crippen LogP contribution in [0.2, 0.25) is 0 Å². The first-order valence-electron chi connectivity index (χ1n) is 14.7. The number of nitrogens with one attached hydrogen (secondary N) is 3. The smallest absolute Gasteiger partial charge is 0.278 e. The van der Waals surface area contributed by atoms with E-state index in [4.69, 9.17) is 4.74 Å². The summed E-state index contributed by atoms with van der Waals surface area (Å²) in [7, 11) is 1.87. The van der Waals surface area contributed by atoms with Gasteiger partial charge in [-0.05, 0) is 31.7 Å². The molecular formula is C29H45N5O4+2. The number of rotatable bonds is 7. The van der Waals surface area contributed by atoms with Gasteiger partial charge in [-0.1, -0.05) is 37.5 Å². The molecular weight excluding hydrogens is 482 g/mol. The van der Waals surface area contributed by atoms with Gasteiger partial charge < -0.3 is 30.5 Å². The van der Waals surface area contributed by atoms with E-state index in [1.54, 1.807) is 0 Å². The molecule has 4 aliphatic rings. The van der Waals surface area contributed by atoms with Crippen LogP contribution in [0.15, 0.2) is 24.3 Å². The molecule has 0 radical (unpaired) electrons. The van der Waals surface area contributed by atoms with Crippen LogP contribution in [0, 0.1) is 5.92 Å². The van der Waals surface area contributed by atoms with Gasteiger partial charge in [0.2, 0.25) is 11.8 Å². The Kier molecular flexibility index (Phi) is 8.53. The number of quaternary nitrogens is 2. The maximum atomic E-state index is 14.3. The van der Waals surface area contributed by atoms with Crippen molar-refractivity contribution in [1.82, 2.24) is 15.5 Å². The fourth-order valence-corrected chi connectivity index (χ4v) is 6.90. The highest BCUT2D eigenvalue weighted by molar-refractivity contribution is 5.93. The molecule has 3 heterocycles. The average Bonchev–Trinajstić information content (AvgIpc) is 3.42. The van der Waals surface area contributed by atoms with Crippen molar-refractivity contribution in [3.05, 3.63) is 29.8 Å². The van der Waals surface area contributed by atoms with Gasteiger partial charge in [-0.25, -0.2) is 0 Å². The van der Waals surface area contributed by atoms with E-state index in [2.05, 4.69) is 10.6 Å². The lowest BCUT2D eigenvalue weighted by Gasteiger charge is -2.43. The minimum Gasteiger partial charge on any atom is -0.493 e. The first-order chi connectivity index (χ1) is 18.5. The summed E-state index contributed by atoms with van der Waals surface area (Å²) in [6.45, 7) is 4.66. The highest BCUT2D eigenvalue weighted by Gasteiger charge is 2.48. The van der Waals surface area contributed by atoms with E-state index in [0.29, 0.717) is 32.2 Å². The van der Waals surface area contributed by atoms with Gasteiger partial charge in [0.15, 0.2) is 12.1 Å². The third-order valence-corrected chi connectivity index (χ3v) is 9.34. The Morgan fingerprint density at radius 1 is 1.08 bits per heavy atom. The van der Waals surface area contributed by atoms with E-state index in [9.17, 15) is 14.4 Å². The molecule has 6 atom stereocenters. The predicted molar refractivity (Wildman–Crippen MR) is 142 cm³/mol. The number of ether oxygens (including phenoxy) is 1. The van der Waals surface area contributed by atoms with E-state index in [-0.39, 0.29) is 35.7 Å². The van der Waals surface area contributed by atoms with Crippen LogP contribution in [0.4, 0.5) is 0 Å². The van der Waals surface area contributed by atoms with Crippen molar-refractivity contribution < 1.29 is 29.3 Å². The molecule has 9 heteroatoms. The fourth-order valence-electron chi connectivity index (χ4n) is 6.90. The Labute approximate surface area is 226 Å². The monoisotopic (exact) mass is 527 g/mol. The number of nitrogens with zero attached hydrogens (tertiary/aromatic N) is 1. The van der Waals surface area contributed by atoms with Crippen LogP contribution in [0.3, 0.4) is 0 Å². The Morgan fingerprint density at radius 2 is 1.87 bits per heavy atom. The molecule has 208 valence electrons. The summed E-state index contributed by atoms with van der Waals surface area (Å²) >= 11 is 0. The van der Waals surface area contributed by atoms with Crippen LogP contribution in [0.5, 0.6) is 5.75 Å². The van der Waals surface area contributed by atoms with E-state index in [0.717, 1.165) is 56.4 Å². The zero-order chi connectivity index (χ0) is 26.6. The van der Waals surface area contributed by atoms with Crippen LogP contribution in [-0.4, -0.2) is 80.1 Å². The third-order valence-electron chi connectivity index (χ3n) is 9.34. The van der Waals surface area contributed by atoms with Crippen molar-refractivity contribution in [2.75, 3.05) is 33.3 Å². The fraction of sp³-hybridized carbons (Fsp3) is 0.690. The second kappa shape index (κ2) is 12.0. The molecule has 5 N–H and O–H groups in total. The van der Waals surface area contributed by atoms with Gasteiger partial charge in [-0.2, -0.15) is 0 Å². The molecule has 2 saturated heterocycles. The second-order valence-electron chi connectivity index (χ2n) is 11.7. The molecule has 3 aliphatic heterocycles. The van der Waals surface area contributed by atoms with Gasteiger partial charge in [0.05, 0.1) is 32.8 Å². The Hall–Kier alpha value is -2.65. The molecule has 1 aliphatic carbocycles. The topological polar surface area (TPSA) is 109 Å². The minimum absolute atomic E-state index is 0.0768. The molecule has 38 heavy (non-hydrogen) atoms. The van der Waals surface area contributed by atoms with Crippen molar-refractivity contribution >= 4 is 17.7 Å². The molecule has 0 spiro atoms. The molecule has 5 rings (SSSR count). The van der Waals surface area contributed by atoms with Gasteiger partial charge in [0, 0.05) is 24.8 Å². The van der Waals surface area contributed by atoms with Crippen LogP contribution in [0.1, 0.15) is 69.9 Å². The molecule has 1 aromatic carbocycles. The second-order valence-corrected chi connectivity index (χ2v) is 11.7. The van der Waals surface area contributed by atoms with Crippen LogP contribution in [0.25, 0.3) is 0 Å². The predicted octanol–water partition coefficient (Wildman–Crippen LogP) is -0.469. The average molecular weight is 528 g/mol. The van der Waals surface area contributed by atoms with Crippen molar-refractivity contribution in [3.8, 4) is 5.75 Å². The molecule has 3 amide bonds. The summed E-state index contributed by atoms with van der Waals surface area (Å²) in [6, 6.07) is 6.70. The molecule has 0 bridgehead atoms. The largest absolute Gasteiger partial charge is 0.493 e. The van der Waals surface area contributed by atoms with E-state index < -0.39 is 12.1 Å². The molecule has 3 fully saturated rings. The lowest BCUT2D eigenvalue weighted by Crippen LogP contribution is -3.17.